The Kier molecular flexibility index (Phi) is 19.6. The Hall–Kier alpha value is -1.46. The SMILES string of the molecule is CCCCCCOc1cc(OCCCCCC)c(PC(=O)c2c(C)cc(C(C)(C)C)cc2C)c(OCCCCCC)c1.[Li]. The van der Waals surface area contributed by atoms with Crippen LogP contribution in [-0.4, -0.2) is 44.2 Å². The van der Waals surface area contributed by atoms with Crippen molar-refractivity contribution in [1.29, 1.82) is 0 Å². The van der Waals surface area contributed by atoms with Crippen molar-refractivity contribution < 1.29 is 19.0 Å². The van der Waals surface area contributed by atoms with Crippen molar-refractivity contribution in [3.63, 3.8) is 0 Å². The zero-order valence-electron chi connectivity index (χ0n) is 29.0. The van der Waals surface area contributed by atoms with Gasteiger partial charge in [-0.2, -0.15) is 0 Å². The minimum Gasteiger partial charge on any atom is -0.493 e. The predicted octanol–water partition coefficient (Wildman–Crippen LogP) is 10.2. The van der Waals surface area contributed by atoms with E-state index in [0.29, 0.717) is 19.8 Å². The molecule has 0 spiro atoms. The van der Waals surface area contributed by atoms with E-state index in [1.54, 1.807) is 0 Å². The van der Waals surface area contributed by atoms with Gasteiger partial charge in [0.2, 0.25) is 0 Å². The number of carbonyl (C=O) groups excluding carboxylic acids is 1. The molecule has 0 aliphatic rings. The molecule has 1 atom stereocenters. The molecule has 1 unspecified atom stereocenters. The van der Waals surface area contributed by atoms with Gasteiger partial charge in [0.05, 0.1) is 25.1 Å². The van der Waals surface area contributed by atoms with Gasteiger partial charge in [0.25, 0.3) is 0 Å². The number of aryl methyl sites for hydroxylation is 2. The molecule has 0 saturated carbocycles. The van der Waals surface area contributed by atoms with E-state index in [0.717, 1.165) is 71.3 Å². The largest absolute Gasteiger partial charge is 0.493 e. The third-order valence-corrected chi connectivity index (χ3v) is 8.90. The second-order valence-electron chi connectivity index (χ2n) is 12.7. The summed E-state index contributed by atoms with van der Waals surface area (Å²) >= 11 is 0. The van der Waals surface area contributed by atoms with Crippen molar-refractivity contribution in [2.75, 3.05) is 19.8 Å². The molecule has 0 bridgehead atoms. The first-order chi connectivity index (χ1) is 20.1. The van der Waals surface area contributed by atoms with Crippen LogP contribution in [0.5, 0.6) is 17.2 Å². The van der Waals surface area contributed by atoms with Crippen molar-refractivity contribution >= 4 is 38.3 Å². The molecule has 0 heterocycles. The summed E-state index contributed by atoms with van der Waals surface area (Å²) in [5, 5.41) is 0.864. The molecule has 2 aromatic rings. The smallest absolute Gasteiger partial charge is 0.186 e. The molecule has 0 fully saturated rings. The molecular formula is C37H59LiO4P. The number of hydrogen-bond donors (Lipinski definition) is 0. The number of benzene rings is 2. The average Bonchev–Trinajstić information content (AvgIpc) is 2.93. The Morgan fingerprint density at radius 3 is 1.47 bits per heavy atom. The van der Waals surface area contributed by atoms with E-state index in [1.807, 2.05) is 12.1 Å². The van der Waals surface area contributed by atoms with Gasteiger partial charge in [-0.1, -0.05) is 111 Å². The van der Waals surface area contributed by atoms with Crippen molar-refractivity contribution in [1.82, 2.24) is 0 Å². The van der Waals surface area contributed by atoms with Crippen LogP contribution in [0.15, 0.2) is 24.3 Å². The third-order valence-electron chi connectivity index (χ3n) is 7.68. The van der Waals surface area contributed by atoms with Gasteiger partial charge in [0, 0.05) is 36.6 Å². The normalized spacial score (nSPS) is 11.5. The maximum Gasteiger partial charge on any atom is 0.186 e. The molecule has 1 radical (unpaired) electrons. The number of hydrogen-bond acceptors (Lipinski definition) is 4. The van der Waals surface area contributed by atoms with E-state index in [9.17, 15) is 4.79 Å². The zero-order chi connectivity index (χ0) is 31.0. The summed E-state index contributed by atoms with van der Waals surface area (Å²) in [5.74, 6) is 2.23. The van der Waals surface area contributed by atoms with Crippen LogP contribution in [-0.2, 0) is 5.41 Å². The number of carbonyl (C=O) groups is 1. The van der Waals surface area contributed by atoms with Gasteiger partial charge >= 0.3 is 0 Å². The van der Waals surface area contributed by atoms with Crippen LogP contribution in [0.25, 0.3) is 0 Å². The molecule has 0 aliphatic heterocycles. The second-order valence-corrected chi connectivity index (χ2v) is 13.9. The summed E-state index contributed by atoms with van der Waals surface area (Å²) in [6.07, 6.45) is 13.7. The molecule has 0 amide bonds. The van der Waals surface area contributed by atoms with Crippen LogP contribution in [0.3, 0.4) is 0 Å². The predicted molar refractivity (Wildman–Crippen MR) is 188 cm³/mol. The van der Waals surface area contributed by atoms with Gasteiger partial charge in [-0.15, -0.1) is 0 Å². The van der Waals surface area contributed by atoms with E-state index < -0.39 is 0 Å². The molecule has 4 nitrogen and oxygen atoms in total. The van der Waals surface area contributed by atoms with E-state index >= 15 is 0 Å². The molecule has 0 saturated heterocycles. The molecule has 6 heteroatoms. The summed E-state index contributed by atoms with van der Waals surface area (Å²) in [6.45, 7) is 19.3. The van der Waals surface area contributed by atoms with Crippen LogP contribution in [0, 0.1) is 13.8 Å². The van der Waals surface area contributed by atoms with Crippen molar-refractivity contribution in [2.24, 2.45) is 0 Å². The van der Waals surface area contributed by atoms with E-state index in [-0.39, 0.29) is 38.4 Å². The molecule has 2 rings (SSSR count). The fourth-order valence-electron chi connectivity index (χ4n) is 5.07. The van der Waals surface area contributed by atoms with Gasteiger partial charge in [-0.05, 0) is 63.8 Å². The number of rotatable bonds is 21. The third kappa shape index (κ3) is 14.0. The summed E-state index contributed by atoms with van der Waals surface area (Å²) in [5.41, 5.74) is 4.31. The quantitative estimate of drug-likeness (QED) is 0.0807. The fourth-order valence-corrected chi connectivity index (χ4v) is 6.35. The summed E-state index contributed by atoms with van der Waals surface area (Å²) < 4.78 is 19.0. The monoisotopic (exact) mass is 605 g/mol. The average molecular weight is 606 g/mol. The first-order valence-electron chi connectivity index (χ1n) is 16.6. The second kappa shape index (κ2) is 21.3. The van der Waals surface area contributed by atoms with Crippen molar-refractivity contribution in [2.45, 2.75) is 138 Å². The summed E-state index contributed by atoms with van der Waals surface area (Å²) in [6, 6.07) is 8.33. The van der Waals surface area contributed by atoms with Crippen LogP contribution < -0.4 is 19.5 Å². The molecular weight excluding hydrogens is 546 g/mol. The van der Waals surface area contributed by atoms with Crippen molar-refractivity contribution in [3.05, 3.63) is 46.5 Å². The Labute approximate surface area is 277 Å². The van der Waals surface area contributed by atoms with E-state index in [4.69, 9.17) is 14.2 Å². The Bertz CT molecular complexity index is 1030. The molecule has 237 valence electrons. The molecule has 43 heavy (non-hydrogen) atoms. The van der Waals surface area contributed by atoms with Crippen LogP contribution in [0.2, 0.25) is 0 Å². The molecule has 0 N–H and O–H groups in total. The Balaban J connectivity index is 0.00000924. The van der Waals surface area contributed by atoms with Gasteiger partial charge in [-0.25, -0.2) is 0 Å². The Morgan fingerprint density at radius 1 is 0.651 bits per heavy atom. The minimum absolute atomic E-state index is 0. The van der Waals surface area contributed by atoms with E-state index in [2.05, 4.69) is 67.5 Å². The fraction of sp³-hybridized carbons (Fsp3) is 0.649. The van der Waals surface area contributed by atoms with Gasteiger partial charge in [0.1, 0.15) is 17.2 Å². The first-order valence-corrected chi connectivity index (χ1v) is 17.6. The van der Waals surface area contributed by atoms with Crippen LogP contribution in [0.1, 0.15) is 146 Å². The zero-order valence-corrected chi connectivity index (χ0v) is 30.0. The summed E-state index contributed by atoms with van der Waals surface area (Å²) in [7, 11) is -0.0918. The number of unbranched alkanes of at least 4 members (excludes halogenated alkanes) is 9. The molecule has 0 aromatic heterocycles. The standard InChI is InChI=1S/C37H59O4P.Li/c1-9-12-15-18-21-39-31-26-32(40-22-19-16-13-10-2)35(33(27-31)41-23-20-17-14-11-3)42-36(38)34-28(4)24-30(25-29(34)5)37(6,7)8;/h24-27,42H,9-23H2,1-8H3;. The molecule has 2 aromatic carbocycles. The number of ether oxygens (including phenoxy) is 3. The van der Waals surface area contributed by atoms with Crippen LogP contribution >= 0.6 is 8.58 Å². The van der Waals surface area contributed by atoms with Gasteiger partial charge < -0.3 is 14.2 Å². The van der Waals surface area contributed by atoms with Crippen molar-refractivity contribution in [3.8, 4) is 17.2 Å². The maximum atomic E-state index is 14.0. The topological polar surface area (TPSA) is 44.8 Å². The van der Waals surface area contributed by atoms with Gasteiger partial charge in [0.15, 0.2) is 5.52 Å². The Morgan fingerprint density at radius 2 is 1.07 bits per heavy atom. The molecule has 0 aliphatic carbocycles. The van der Waals surface area contributed by atoms with Gasteiger partial charge in [-0.3, -0.25) is 4.79 Å². The minimum atomic E-state index is -0.0918. The van der Waals surface area contributed by atoms with Crippen LogP contribution in [0.4, 0.5) is 0 Å². The summed E-state index contributed by atoms with van der Waals surface area (Å²) in [4.78, 5) is 14.0. The van der Waals surface area contributed by atoms with E-state index in [1.165, 1.54) is 50.5 Å². The first kappa shape index (κ1) is 39.6. The maximum absolute atomic E-state index is 14.0.